The zero-order valence-corrected chi connectivity index (χ0v) is 15.4. The van der Waals surface area contributed by atoms with Crippen LogP contribution in [-0.4, -0.2) is 26.4 Å². The summed E-state index contributed by atoms with van der Waals surface area (Å²) in [5.74, 6) is 0. The Bertz CT molecular complexity index is 255. The fourth-order valence-corrected chi connectivity index (χ4v) is 3.07. The SMILES string of the molecule is OC(Cl)(Cl)C(Cl)(Cl)C(Cl)(Cl)C(Cl)(Cl)C(Cl)(Cl)Cl. The summed E-state index contributed by atoms with van der Waals surface area (Å²) in [6.45, 7) is 0. The van der Waals surface area contributed by atoms with Gasteiger partial charge in [-0.15, -0.1) is 0 Å². The smallest absolute Gasteiger partial charge is 0.251 e. The molecule has 0 saturated heterocycles. The summed E-state index contributed by atoms with van der Waals surface area (Å²) < 4.78 is -13.1. The van der Waals surface area contributed by atoms with Crippen molar-refractivity contribution in [2.24, 2.45) is 0 Å². The molecular weight excluding hydrogens is 466 g/mol. The minimum atomic E-state index is -2.83. The Morgan fingerprint density at radius 3 is 0.941 bits per heavy atom. The van der Waals surface area contributed by atoms with Crippen LogP contribution in [0, 0.1) is 0 Å². The molecule has 0 rings (SSSR count). The van der Waals surface area contributed by atoms with Gasteiger partial charge in [0.25, 0.3) is 4.52 Å². The molecule has 0 spiro atoms. The summed E-state index contributed by atoms with van der Waals surface area (Å²) in [4.78, 5) is 0. The van der Waals surface area contributed by atoms with Crippen LogP contribution < -0.4 is 0 Å². The van der Waals surface area contributed by atoms with Crippen LogP contribution in [0.1, 0.15) is 0 Å². The molecule has 0 aliphatic heterocycles. The first-order valence-electron chi connectivity index (χ1n) is 3.30. The van der Waals surface area contributed by atoms with E-state index in [-0.39, 0.29) is 0 Å². The summed E-state index contributed by atoms with van der Waals surface area (Å²) in [6, 6.07) is 0. The van der Waals surface area contributed by atoms with Gasteiger partial charge in [-0.2, -0.15) is 0 Å². The van der Waals surface area contributed by atoms with Crippen LogP contribution >= 0.6 is 128 Å². The van der Waals surface area contributed by atoms with Gasteiger partial charge in [-0.25, -0.2) is 0 Å². The van der Waals surface area contributed by atoms with Crippen LogP contribution in [0.15, 0.2) is 0 Å². The van der Waals surface area contributed by atoms with E-state index in [1.54, 1.807) is 0 Å². The fourth-order valence-electron chi connectivity index (χ4n) is 0.564. The van der Waals surface area contributed by atoms with Gasteiger partial charge in [-0.3, -0.25) is 0 Å². The molecule has 0 aromatic heterocycles. The van der Waals surface area contributed by atoms with Gasteiger partial charge in [0.05, 0.1) is 0 Å². The minimum Gasteiger partial charge on any atom is -0.360 e. The van der Waals surface area contributed by atoms with Crippen molar-refractivity contribution in [1.29, 1.82) is 0 Å². The zero-order chi connectivity index (χ0) is 14.5. The second-order valence-electron chi connectivity index (χ2n) is 2.76. The lowest BCUT2D eigenvalue weighted by molar-refractivity contribution is 0.184. The molecule has 1 N–H and O–H groups in total. The highest BCUT2D eigenvalue weighted by atomic mass is 35.6. The summed E-state index contributed by atoms with van der Waals surface area (Å²) >= 11 is 61.2. The fraction of sp³-hybridized carbons (Fsp3) is 1.00. The Balaban J connectivity index is 5.73. The number of hydrogen-bond acceptors (Lipinski definition) is 1. The topological polar surface area (TPSA) is 20.2 Å². The molecule has 0 unspecified atom stereocenters. The lowest BCUT2D eigenvalue weighted by atomic mass is 10.2. The molecule has 12 heteroatoms. The first-order valence-corrected chi connectivity index (χ1v) is 7.46. The van der Waals surface area contributed by atoms with Crippen LogP contribution in [0.5, 0.6) is 0 Å². The first kappa shape index (κ1) is 20.1. The van der Waals surface area contributed by atoms with Crippen molar-refractivity contribution in [3.63, 3.8) is 0 Å². The molecule has 0 saturated carbocycles. The van der Waals surface area contributed by atoms with Gasteiger partial charge in [-0.1, -0.05) is 128 Å². The van der Waals surface area contributed by atoms with Crippen molar-refractivity contribution >= 4 is 128 Å². The number of aliphatic hydroxyl groups is 1. The highest BCUT2D eigenvalue weighted by Gasteiger charge is 2.73. The largest absolute Gasteiger partial charge is 0.360 e. The third kappa shape index (κ3) is 3.67. The quantitative estimate of drug-likeness (QED) is 0.505. The van der Waals surface area contributed by atoms with Gasteiger partial charge in [0.2, 0.25) is 12.5 Å². The van der Waals surface area contributed by atoms with Crippen molar-refractivity contribution < 1.29 is 5.11 Å². The van der Waals surface area contributed by atoms with E-state index in [4.69, 9.17) is 128 Å². The third-order valence-corrected chi connectivity index (χ3v) is 8.06. The van der Waals surface area contributed by atoms with E-state index in [2.05, 4.69) is 0 Å². The van der Waals surface area contributed by atoms with Crippen LogP contribution in [0.4, 0.5) is 0 Å². The Labute approximate surface area is 152 Å². The lowest BCUT2D eigenvalue weighted by Crippen LogP contribution is -2.61. The molecule has 0 radical (unpaired) electrons. The highest BCUT2D eigenvalue weighted by Crippen LogP contribution is 2.65. The molecule has 0 bridgehead atoms. The molecule has 0 aliphatic carbocycles. The lowest BCUT2D eigenvalue weighted by Gasteiger charge is -2.46. The van der Waals surface area contributed by atoms with Crippen molar-refractivity contribution in [1.82, 2.24) is 0 Å². The molecule has 0 atom stereocenters. The van der Waals surface area contributed by atoms with Crippen LogP contribution in [0.2, 0.25) is 0 Å². The first-order chi connectivity index (χ1) is 7.00. The summed E-state index contributed by atoms with van der Waals surface area (Å²) in [5, 5.41) is 9.36. The van der Waals surface area contributed by atoms with E-state index in [0.29, 0.717) is 0 Å². The van der Waals surface area contributed by atoms with E-state index in [0.717, 1.165) is 0 Å². The van der Waals surface area contributed by atoms with Gasteiger partial charge in [-0.05, 0) is 0 Å². The number of halogens is 11. The molecule has 0 fully saturated rings. The molecular formula is C5HCl11O. The predicted octanol–water partition coefficient (Wildman–Crippen LogP) is 6.00. The maximum absolute atomic E-state index is 9.36. The Morgan fingerprint density at radius 1 is 0.471 bits per heavy atom. The summed E-state index contributed by atoms with van der Waals surface area (Å²) in [7, 11) is 0. The molecule has 104 valence electrons. The number of rotatable bonds is 3. The average molecular weight is 467 g/mol. The molecule has 0 aromatic carbocycles. The molecule has 0 aromatic rings. The minimum absolute atomic E-state index is 2.41. The maximum Gasteiger partial charge on any atom is 0.251 e. The Morgan fingerprint density at radius 2 is 0.765 bits per heavy atom. The summed E-state index contributed by atoms with van der Waals surface area (Å²) in [6.07, 6.45) is 0. The van der Waals surface area contributed by atoms with Crippen molar-refractivity contribution in [2.45, 2.75) is 21.3 Å². The average Bonchev–Trinajstić information content (AvgIpc) is 1.98. The van der Waals surface area contributed by atoms with Crippen molar-refractivity contribution in [2.75, 3.05) is 0 Å². The van der Waals surface area contributed by atoms with Crippen molar-refractivity contribution in [3.8, 4) is 0 Å². The van der Waals surface area contributed by atoms with E-state index >= 15 is 0 Å². The van der Waals surface area contributed by atoms with Gasteiger partial charge in [0.1, 0.15) is 0 Å². The standard InChI is InChI=1S/C5HCl11O/c6-1(7,2(8,9)4(12,13)14)3(10,11)5(15,16)17/h17H. The Kier molecular flexibility index (Phi) is 6.80. The number of alkyl halides is 11. The van der Waals surface area contributed by atoms with Gasteiger partial charge in [0, 0.05) is 0 Å². The third-order valence-electron chi connectivity index (χ3n) is 1.52. The molecule has 0 aliphatic rings. The van der Waals surface area contributed by atoms with Crippen molar-refractivity contribution in [3.05, 3.63) is 0 Å². The van der Waals surface area contributed by atoms with E-state index in [1.165, 1.54) is 0 Å². The second kappa shape index (κ2) is 5.74. The monoisotopic (exact) mass is 462 g/mol. The van der Waals surface area contributed by atoms with E-state index < -0.39 is 21.3 Å². The normalized spacial score (nSPS) is 16.2. The van der Waals surface area contributed by atoms with Gasteiger partial charge in [0.15, 0.2) is 4.33 Å². The van der Waals surface area contributed by atoms with Crippen LogP contribution in [0.25, 0.3) is 0 Å². The second-order valence-corrected chi connectivity index (χ2v) is 10.3. The summed E-state index contributed by atoms with van der Waals surface area (Å²) in [5.41, 5.74) is 0. The molecule has 1 nitrogen and oxygen atoms in total. The molecule has 0 amide bonds. The predicted molar refractivity (Wildman–Crippen MR) is 80.3 cm³/mol. The van der Waals surface area contributed by atoms with Crippen LogP contribution in [0.3, 0.4) is 0 Å². The maximum atomic E-state index is 9.36. The van der Waals surface area contributed by atoms with Gasteiger partial charge >= 0.3 is 0 Å². The van der Waals surface area contributed by atoms with Crippen LogP contribution in [-0.2, 0) is 0 Å². The number of hydrogen-bond donors (Lipinski definition) is 1. The van der Waals surface area contributed by atoms with Gasteiger partial charge < -0.3 is 5.11 Å². The Hall–Kier alpha value is 3.15. The van der Waals surface area contributed by atoms with E-state index in [9.17, 15) is 5.11 Å². The molecule has 0 heterocycles. The highest BCUT2D eigenvalue weighted by molar-refractivity contribution is 6.81. The van der Waals surface area contributed by atoms with E-state index in [1.807, 2.05) is 0 Å². The zero-order valence-electron chi connectivity index (χ0n) is 7.10. The molecule has 17 heavy (non-hydrogen) atoms.